The van der Waals surface area contributed by atoms with Crippen LogP contribution in [0.25, 0.3) is 0 Å². The van der Waals surface area contributed by atoms with Gasteiger partial charge < -0.3 is 15.8 Å². The lowest BCUT2D eigenvalue weighted by atomic mass is 10.00. The predicted octanol–water partition coefficient (Wildman–Crippen LogP) is 0.548. The van der Waals surface area contributed by atoms with Crippen molar-refractivity contribution in [3.8, 4) is 11.8 Å². The van der Waals surface area contributed by atoms with E-state index in [0.717, 1.165) is 26.1 Å². The first-order chi connectivity index (χ1) is 9.81. The van der Waals surface area contributed by atoms with Crippen molar-refractivity contribution in [1.29, 1.82) is 0 Å². The van der Waals surface area contributed by atoms with Crippen LogP contribution in [0.2, 0.25) is 0 Å². The van der Waals surface area contributed by atoms with Crippen molar-refractivity contribution in [2.75, 3.05) is 26.3 Å². The van der Waals surface area contributed by atoms with Crippen LogP contribution in [0.4, 0.5) is 0 Å². The van der Waals surface area contributed by atoms with Gasteiger partial charge in [0.2, 0.25) is 0 Å². The molecule has 1 aromatic rings. The normalized spacial score (nSPS) is 15.2. The maximum Gasteiger partial charge on any atom is 0.252 e. The number of amides is 1. The van der Waals surface area contributed by atoms with Crippen LogP contribution in [0, 0.1) is 17.8 Å². The summed E-state index contributed by atoms with van der Waals surface area (Å²) in [6.07, 6.45) is 5.18. The average Bonchev–Trinajstić information content (AvgIpc) is 2.52. The Kier molecular flexibility index (Phi) is 5.54. The zero-order valence-electron chi connectivity index (χ0n) is 11.4. The molecular formula is C15H19N3O2. The molecule has 0 aromatic carbocycles. The van der Waals surface area contributed by atoms with E-state index in [1.54, 1.807) is 18.5 Å². The minimum absolute atomic E-state index is 0.111. The molecule has 5 heteroatoms. The molecule has 1 aliphatic rings. The Morgan fingerprint density at radius 2 is 2.30 bits per heavy atom. The van der Waals surface area contributed by atoms with Gasteiger partial charge in [-0.25, -0.2) is 0 Å². The fourth-order valence-electron chi connectivity index (χ4n) is 2.12. The number of hydrogen-bond donors (Lipinski definition) is 2. The highest BCUT2D eigenvalue weighted by Crippen LogP contribution is 2.13. The molecule has 106 valence electrons. The van der Waals surface area contributed by atoms with Gasteiger partial charge >= 0.3 is 0 Å². The Labute approximate surface area is 118 Å². The van der Waals surface area contributed by atoms with Crippen LogP contribution >= 0.6 is 0 Å². The second kappa shape index (κ2) is 7.63. The molecule has 0 atom stereocenters. The summed E-state index contributed by atoms with van der Waals surface area (Å²) in [6, 6.07) is 1.68. The van der Waals surface area contributed by atoms with Gasteiger partial charge in [0.15, 0.2) is 0 Å². The number of rotatable bonds is 3. The van der Waals surface area contributed by atoms with E-state index in [1.165, 1.54) is 0 Å². The highest BCUT2D eigenvalue weighted by molar-refractivity contribution is 5.96. The van der Waals surface area contributed by atoms with E-state index in [1.807, 2.05) is 0 Å². The van der Waals surface area contributed by atoms with E-state index in [2.05, 4.69) is 22.1 Å². The van der Waals surface area contributed by atoms with Gasteiger partial charge in [0.1, 0.15) is 0 Å². The number of pyridine rings is 1. The maximum atomic E-state index is 12.2. The van der Waals surface area contributed by atoms with Gasteiger partial charge in [-0.05, 0) is 24.8 Å². The van der Waals surface area contributed by atoms with Crippen LogP contribution in [-0.2, 0) is 4.74 Å². The number of carbonyl (C=O) groups excluding carboxylic acids is 1. The summed E-state index contributed by atoms with van der Waals surface area (Å²) in [5.41, 5.74) is 6.51. The van der Waals surface area contributed by atoms with Crippen LogP contribution in [0.3, 0.4) is 0 Å². The summed E-state index contributed by atoms with van der Waals surface area (Å²) >= 11 is 0. The first-order valence-electron chi connectivity index (χ1n) is 6.80. The van der Waals surface area contributed by atoms with Crippen molar-refractivity contribution in [3.63, 3.8) is 0 Å². The fourth-order valence-corrected chi connectivity index (χ4v) is 2.12. The van der Waals surface area contributed by atoms with Crippen molar-refractivity contribution in [2.24, 2.45) is 11.7 Å². The number of aromatic nitrogens is 1. The number of hydrogen-bond acceptors (Lipinski definition) is 4. The highest BCUT2D eigenvalue weighted by atomic mass is 16.5. The van der Waals surface area contributed by atoms with Gasteiger partial charge in [0.25, 0.3) is 5.91 Å². The Hall–Kier alpha value is -1.90. The van der Waals surface area contributed by atoms with Gasteiger partial charge in [-0.15, -0.1) is 0 Å². The molecule has 0 spiro atoms. The average molecular weight is 273 g/mol. The summed E-state index contributed by atoms with van der Waals surface area (Å²) in [5, 5.41) is 2.96. The molecule has 1 amide bonds. The molecule has 1 aromatic heterocycles. The lowest BCUT2D eigenvalue weighted by Crippen LogP contribution is -2.32. The number of nitrogens with one attached hydrogen (secondary N) is 1. The topological polar surface area (TPSA) is 77.2 Å². The van der Waals surface area contributed by atoms with Crippen LogP contribution in [0.15, 0.2) is 18.5 Å². The second-order valence-corrected chi connectivity index (χ2v) is 4.69. The van der Waals surface area contributed by atoms with Gasteiger partial charge in [-0.2, -0.15) is 0 Å². The zero-order valence-corrected chi connectivity index (χ0v) is 11.4. The van der Waals surface area contributed by atoms with Crippen molar-refractivity contribution >= 4 is 5.91 Å². The van der Waals surface area contributed by atoms with Crippen molar-refractivity contribution in [3.05, 3.63) is 29.6 Å². The molecule has 5 nitrogen and oxygen atoms in total. The van der Waals surface area contributed by atoms with Gasteiger partial charge in [-0.1, -0.05) is 11.8 Å². The smallest absolute Gasteiger partial charge is 0.252 e. The maximum absolute atomic E-state index is 12.2. The number of ether oxygens (including phenoxy) is 1. The van der Waals surface area contributed by atoms with Crippen molar-refractivity contribution in [1.82, 2.24) is 10.3 Å². The van der Waals surface area contributed by atoms with E-state index in [0.29, 0.717) is 23.6 Å². The summed E-state index contributed by atoms with van der Waals surface area (Å²) in [6.45, 7) is 2.50. The number of carbonyl (C=O) groups is 1. The standard InChI is InChI=1S/C15H19N3O2/c16-6-1-2-13-11-17-7-3-14(13)15(19)18-10-12-4-8-20-9-5-12/h3,7,11-12H,4-6,8-10,16H2,(H,18,19). The minimum Gasteiger partial charge on any atom is -0.381 e. The molecule has 1 saturated heterocycles. The Morgan fingerprint density at radius 1 is 1.50 bits per heavy atom. The third kappa shape index (κ3) is 4.05. The van der Waals surface area contributed by atoms with E-state index in [-0.39, 0.29) is 12.5 Å². The fraction of sp³-hybridized carbons (Fsp3) is 0.467. The molecule has 0 unspecified atom stereocenters. The lowest BCUT2D eigenvalue weighted by Gasteiger charge is -2.22. The third-order valence-electron chi connectivity index (χ3n) is 3.28. The molecule has 1 fully saturated rings. The lowest BCUT2D eigenvalue weighted by molar-refractivity contribution is 0.0642. The summed E-state index contributed by atoms with van der Waals surface area (Å²) in [5.74, 6) is 6.00. The number of nitrogens with two attached hydrogens (primary N) is 1. The SMILES string of the molecule is NCC#Cc1cnccc1C(=O)NCC1CCOCC1. The quantitative estimate of drug-likeness (QED) is 0.788. The summed E-state index contributed by atoms with van der Waals surface area (Å²) in [7, 11) is 0. The van der Waals surface area contributed by atoms with Crippen molar-refractivity contribution < 1.29 is 9.53 Å². The van der Waals surface area contributed by atoms with Gasteiger partial charge in [-0.3, -0.25) is 9.78 Å². The first kappa shape index (κ1) is 14.5. The summed E-state index contributed by atoms with van der Waals surface area (Å²) < 4.78 is 5.30. The molecule has 2 heterocycles. The monoisotopic (exact) mass is 273 g/mol. The third-order valence-corrected chi connectivity index (χ3v) is 3.28. The molecule has 0 saturated carbocycles. The predicted molar refractivity (Wildman–Crippen MR) is 76.0 cm³/mol. The highest BCUT2D eigenvalue weighted by Gasteiger charge is 2.16. The van der Waals surface area contributed by atoms with E-state index in [4.69, 9.17) is 10.5 Å². The molecule has 1 aliphatic heterocycles. The van der Waals surface area contributed by atoms with E-state index in [9.17, 15) is 4.79 Å². The molecule has 20 heavy (non-hydrogen) atoms. The molecular weight excluding hydrogens is 254 g/mol. The Bertz CT molecular complexity index is 513. The molecule has 2 rings (SSSR count). The van der Waals surface area contributed by atoms with Crippen LogP contribution in [-0.4, -0.2) is 37.2 Å². The molecule has 0 bridgehead atoms. The Balaban J connectivity index is 1.97. The van der Waals surface area contributed by atoms with Gasteiger partial charge in [0.05, 0.1) is 17.7 Å². The van der Waals surface area contributed by atoms with Crippen LogP contribution in [0.5, 0.6) is 0 Å². The van der Waals surface area contributed by atoms with E-state index < -0.39 is 0 Å². The first-order valence-corrected chi connectivity index (χ1v) is 6.80. The summed E-state index contributed by atoms with van der Waals surface area (Å²) in [4.78, 5) is 16.2. The zero-order chi connectivity index (χ0) is 14.2. The second-order valence-electron chi connectivity index (χ2n) is 4.69. The number of nitrogens with zero attached hydrogens (tertiary/aromatic N) is 1. The van der Waals surface area contributed by atoms with E-state index >= 15 is 0 Å². The van der Waals surface area contributed by atoms with Crippen LogP contribution < -0.4 is 11.1 Å². The van der Waals surface area contributed by atoms with Gasteiger partial charge in [0, 0.05) is 32.2 Å². The molecule has 3 N–H and O–H groups in total. The minimum atomic E-state index is -0.111. The largest absolute Gasteiger partial charge is 0.381 e. The Morgan fingerprint density at radius 3 is 3.05 bits per heavy atom. The van der Waals surface area contributed by atoms with Crippen molar-refractivity contribution in [2.45, 2.75) is 12.8 Å². The molecule has 0 radical (unpaired) electrons. The van der Waals surface area contributed by atoms with Crippen LogP contribution in [0.1, 0.15) is 28.8 Å². The molecule has 0 aliphatic carbocycles.